The molecule has 0 spiro atoms. The van der Waals surface area contributed by atoms with Crippen LogP contribution >= 0.6 is 0 Å². The van der Waals surface area contributed by atoms with Crippen molar-refractivity contribution in [3.63, 3.8) is 0 Å². The van der Waals surface area contributed by atoms with Gasteiger partial charge in [-0.05, 0) is 12.8 Å². The highest BCUT2D eigenvalue weighted by atomic mass is 16.2. The monoisotopic (exact) mass is 240 g/mol. The van der Waals surface area contributed by atoms with Crippen molar-refractivity contribution in [2.75, 3.05) is 26.7 Å². The van der Waals surface area contributed by atoms with E-state index in [1.165, 1.54) is 12.8 Å². The minimum atomic E-state index is -0.0732. The van der Waals surface area contributed by atoms with Crippen LogP contribution in [0.15, 0.2) is 0 Å². The summed E-state index contributed by atoms with van der Waals surface area (Å²) in [6, 6.07) is 0.0694. The molecule has 0 aromatic carbocycles. The van der Waals surface area contributed by atoms with Gasteiger partial charge in [-0.15, -0.1) is 0 Å². The molecule has 2 amide bonds. The summed E-state index contributed by atoms with van der Waals surface area (Å²) < 4.78 is 0. The Morgan fingerprint density at radius 1 is 1.35 bits per heavy atom. The summed E-state index contributed by atoms with van der Waals surface area (Å²) in [5.41, 5.74) is 5.42. The van der Waals surface area contributed by atoms with Crippen LogP contribution in [0.2, 0.25) is 0 Å². The second-order valence-electron chi connectivity index (χ2n) is 4.92. The third-order valence-corrected chi connectivity index (χ3v) is 3.28. The number of rotatable bonds is 3. The number of amides is 2. The van der Waals surface area contributed by atoms with Crippen LogP contribution < -0.4 is 5.73 Å². The van der Waals surface area contributed by atoms with Gasteiger partial charge in [0.05, 0.1) is 5.84 Å². The van der Waals surface area contributed by atoms with Gasteiger partial charge in [0.15, 0.2) is 0 Å². The number of amidine groups is 1. The van der Waals surface area contributed by atoms with Crippen molar-refractivity contribution in [1.29, 1.82) is 5.41 Å². The van der Waals surface area contributed by atoms with Gasteiger partial charge in [0.25, 0.3) is 0 Å². The lowest BCUT2D eigenvalue weighted by Gasteiger charge is -2.28. The molecule has 1 atom stereocenters. The number of likely N-dealkylation sites (tertiary alicyclic amines) is 1. The highest BCUT2D eigenvalue weighted by molar-refractivity contribution is 5.80. The first-order valence-corrected chi connectivity index (χ1v) is 6.36. The Hall–Kier alpha value is -1.26. The molecule has 0 saturated carbocycles. The number of urea groups is 1. The molecule has 0 radical (unpaired) electrons. The topological polar surface area (TPSA) is 73.4 Å². The molecule has 1 saturated heterocycles. The summed E-state index contributed by atoms with van der Waals surface area (Å²) in [4.78, 5) is 15.7. The fourth-order valence-electron chi connectivity index (χ4n) is 2.09. The summed E-state index contributed by atoms with van der Waals surface area (Å²) in [5.74, 6) is 0.0662. The highest BCUT2D eigenvalue weighted by Gasteiger charge is 2.20. The molecule has 0 aliphatic carbocycles. The number of carbonyl (C=O) groups excluding carboxylic acids is 1. The maximum absolute atomic E-state index is 12.1. The molecule has 17 heavy (non-hydrogen) atoms. The van der Waals surface area contributed by atoms with Gasteiger partial charge in [-0.25, -0.2) is 4.79 Å². The third kappa shape index (κ3) is 4.24. The first-order valence-electron chi connectivity index (χ1n) is 6.36. The second-order valence-corrected chi connectivity index (χ2v) is 4.92. The lowest BCUT2D eigenvalue weighted by Crippen LogP contribution is -2.44. The molecule has 1 aliphatic rings. The Morgan fingerprint density at radius 2 is 1.88 bits per heavy atom. The van der Waals surface area contributed by atoms with E-state index in [4.69, 9.17) is 11.1 Å². The van der Waals surface area contributed by atoms with Crippen LogP contribution in [0.1, 0.15) is 32.6 Å². The van der Waals surface area contributed by atoms with Crippen LogP contribution in [-0.4, -0.2) is 48.3 Å². The van der Waals surface area contributed by atoms with Crippen molar-refractivity contribution >= 4 is 11.9 Å². The smallest absolute Gasteiger partial charge is 0.319 e. The van der Waals surface area contributed by atoms with Crippen molar-refractivity contribution in [2.24, 2.45) is 11.7 Å². The largest absolute Gasteiger partial charge is 0.387 e. The predicted molar refractivity (Wildman–Crippen MR) is 69.1 cm³/mol. The molecule has 0 aromatic heterocycles. The van der Waals surface area contributed by atoms with Gasteiger partial charge in [0, 0.05) is 32.6 Å². The molecular formula is C12H24N4O. The van der Waals surface area contributed by atoms with Gasteiger partial charge in [0.1, 0.15) is 0 Å². The Kier molecular flexibility index (Phi) is 5.25. The van der Waals surface area contributed by atoms with Gasteiger partial charge < -0.3 is 15.5 Å². The molecule has 1 fully saturated rings. The first kappa shape index (κ1) is 13.8. The molecule has 98 valence electrons. The SMILES string of the molecule is CC(CN(C)C(=O)N1CCCCCC1)C(=N)N. The quantitative estimate of drug-likeness (QED) is 0.579. The van der Waals surface area contributed by atoms with E-state index in [9.17, 15) is 4.79 Å². The third-order valence-electron chi connectivity index (χ3n) is 3.28. The number of nitrogens with two attached hydrogens (primary N) is 1. The van der Waals surface area contributed by atoms with Crippen LogP contribution in [0.4, 0.5) is 4.79 Å². The zero-order valence-corrected chi connectivity index (χ0v) is 10.9. The van der Waals surface area contributed by atoms with Crippen molar-refractivity contribution in [3.8, 4) is 0 Å². The number of nitrogens with zero attached hydrogens (tertiary/aromatic N) is 2. The molecular weight excluding hydrogens is 216 g/mol. The number of hydrogen-bond acceptors (Lipinski definition) is 2. The summed E-state index contributed by atoms with van der Waals surface area (Å²) in [7, 11) is 1.78. The van der Waals surface area contributed by atoms with Gasteiger partial charge in [0.2, 0.25) is 0 Å². The summed E-state index contributed by atoms with van der Waals surface area (Å²) in [5, 5.41) is 7.34. The fraction of sp³-hybridized carbons (Fsp3) is 0.833. The zero-order valence-electron chi connectivity index (χ0n) is 10.9. The number of carbonyl (C=O) groups is 1. The standard InChI is InChI=1S/C12H24N4O/c1-10(11(13)14)9-15(2)12(17)16-7-5-3-4-6-8-16/h10H,3-9H2,1-2H3,(H3,13,14). The van der Waals surface area contributed by atoms with Gasteiger partial charge >= 0.3 is 6.03 Å². The molecule has 0 aromatic rings. The molecule has 1 aliphatic heterocycles. The Morgan fingerprint density at radius 3 is 2.35 bits per heavy atom. The van der Waals surface area contributed by atoms with Gasteiger partial charge in [-0.2, -0.15) is 0 Å². The van der Waals surface area contributed by atoms with Crippen molar-refractivity contribution in [1.82, 2.24) is 9.80 Å². The van der Waals surface area contributed by atoms with Crippen LogP contribution in [-0.2, 0) is 0 Å². The molecule has 1 heterocycles. The van der Waals surface area contributed by atoms with E-state index in [2.05, 4.69) is 0 Å². The zero-order chi connectivity index (χ0) is 12.8. The lowest BCUT2D eigenvalue weighted by atomic mass is 10.1. The van der Waals surface area contributed by atoms with E-state index in [0.717, 1.165) is 25.9 Å². The van der Waals surface area contributed by atoms with Gasteiger partial charge in [-0.1, -0.05) is 19.8 Å². The normalized spacial score (nSPS) is 18.4. The first-order chi connectivity index (χ1) is 8.02. The minimum absolute atomic E-state index is 0.0694. The summed E-state index contributed by atoms with van der Waals surface area (Å²) in [6.45, 7) is 4.11. The Labute approximate surface area is 103 Å². The van der Waals surface area contributed by atoms with Crippen molar-refractivity contribution in [2.45, 2.75) is 32.6 Å². The minimum Gasteiger partial charge on any atom is -0.387 e. The van der Waals surface area contributed by atoms with Crippen LogP contribution in [0.25, 0.3) is 0 Å². The fourth-order valence-corrected chi connectivity index (χ4v) is 2.09. The maximum atomic E-state index is 12.1. The molecule has 5 heteroatoms. The lowest BCUT2D eigenvalue weighted by molar-refractivity contribution is 0.162. The highest BCUT2D eigenvalue weighted by Crippen LogP contribution is 2.11. The molecule has 5 nitrogen and oxygen atoms in total. The molecule has 3 N–H and O–H groups in total. The average Bonchev–Trinajstić information content (AvgIpc) is 2.56. The molecule has 0 bridgehead atoms. The van der Waals surface area contributed by atoms with Crippen molar-refractivity contribution in [3.05, 3.63) is 0 Å². The van der Waals surface area contributed by atoms with Crippen LogP contribution in [0.5, 0.6) is 0 Å². The van der Waals surface area contributed by atoms with E-state index in [1.807, 2.05) is 11.8 Å². The second kappa shape index (κ2) is 6.47. The van der Waals surface area contributed by atoms with Crippen molar-refractivity contribution < 1.29 is 4.79 Å². The van der Waals surface area contributed by atoms with E-state index in [0.29, 0.717) is 6.54 Å². The molecule has 1 rings (SSSR count). The average molecular weight is 240 g/mol. The van der Waals surface area contributed by atoms with Crippen LogP contribution in [0, 0.1) is 11.3 Å². The van der Waals surface area contributed by atoms with E-state index < -0.39 is 0 Å². The maximum Gasteiger partial charge on any atom is 0.319 e. The van der Waals surface area contributed by atoms with E-state index in [-0.39, 0.29) is 17.8 Å². The molecule has 1 unspecified atom stereocenters. The van der Waals surface area contributed by atoms with Crippen LogP contribution in [0.3, 0.4) is 0 Å². The number of hydrogen-bond donors (Lipinski definition) is 2. The Bertz CT molecular complexity index is 272. The van der Waals surface area contributed by atoms with E-state index >= 15 is 0 Å². The summed E-state index contributed by atoms with van der Waals surface area (Å²) in [6.07, 6.45) is 4.64. The van der Waals surface area contributed by atoms with E-state index in [1.54, 1.807) is 11.9 Å². The Balaban J connectivity index is 2.47. The van der Waals surface area contributed by atoms with Gasteiger partial charge in [-0.3, -0.25) is 5.41 Å². The predicted octanol–water partition coefficient (Wildman–Crippen LogP) is 1.49. The summed E-state index contributed by atoms with van der Waals surface area (Å²) >= 11 is 0. The number of nitrogens with one attached hydrogen (secondary N) is 1.